The fourth-order valence-corrected chi connectivity index (χ4v) is 5.73. The molecular weight excluding hydrogens is 644 g/mol. The Bertz CT molecular complexity index is 1570. The van der Waals surface area contributed by atoms with Gasteiger partial charge < -0.3 is 24.8 Å². The number of nitrogens with one attached hydrogen (secondary N) is 1. The number of aryl methyl sites for hydroxylation is 2. The Hall–Kier alpha value is -3.73. The summed E-state index contributed by atoms with van der Waals surface area (Å²) in [7, 11) is 0. The summed E-state index contributed by atoms with van der Waals surface area (Å²) in [4.78, 5) is 23.9. The molecule has 1 saturated carbocycles. The molecule has 1 aliphatic carbocycles. The van der Waals surface area contributed by atoms with E-state index < -0.39 is 11.7 Å². The second-order valence-corrected chi connectivity index (χ2v) is 11.8. The topological polar surface area (TPSA) is 88.1 Å². The minimum atomic E-state index is -4.57. The summed E-state index contributed by atoms with van der Waals surface area (Å²) in [5.41, 5.74) is 4.04. The average Bonchev–Trinajstić information content (AvgIpc) is 3.86. The molecular formula is C34H35Cl2F3N2O5. The van der Waals surface area contributed by atoms with E-state index in [4.69, 9.17) is 42.6 Å². The van der Waals surface area contributed by atoms with Crippen LogP contribution in [0.3, 0.4) is 0 Å². The summed E-state index contributed by atoms with van der Waals surface area (Å²) in [6, 6.07) is 15.2. The molecule has 2 N–H and O–H groups in total. The Morgan fingerprint density at radius 3 is 2.35 bits per heavy atom. The average molecular weight is 680 g/mol. The third-order valence-electron chi connectivity index (χ3n) is 7.81. The Morgan fingerprint density at radius 2 is 1.70 bits per heavy atom. The largest absolute Gasteiger partial charge is 0.490 e. The lowest BCUT2D eigenvalue weighted by Gasteiger charge is -2.29. The van der Waals surface area contributed by atoms with Crippen LogP contribution in [0, 0.1) is 13.8 Å². The number of nitrogens with zero attached hydrogens (tertiary/aromatic N) is 1. The van der Waals surface area contributed by atoms with Crippen LogP contribution in [0.1, 0.15) is 47.1 Å². The molecule has 3 aromatic rings. The molecule has 1 heterocycles. The van der Waals surface area contributed by atoms with Gasteiger partial charge in [-0.25, -0.2) is 0 Å². The predicted molar refractivity (Wildman–Crippen MR) is 171 cm³/mol. The number of ether oxygens (including phenoxy) is 2. The van der Waals surface area contributed by atoms with Crippen LogP contribution in [0.25, 0.3) is 5.57 Å². The smallest absolute Gasteiger partial charge is 0.417 e. The molecule has 1 fully saturated rings. The van der Waals surface area contributed by atoms with Crippen LogP contribution < -0.4 is 14.8 Å². The number of carboxylic acid groups (broad SMARTS) is 1. The van der Waals surface area contributed by atoms with E-state index in [1.54, 1.807) is 11.0 Å². The number of halogens is 5. The molecule has 1 amide bonds. The highest BCUT2D eigenvalue weighted by Gasteiger charge is 2.38. The van der Waals surface area contributed by atoms with Crippen molar-refractivity contribution in [2.45, 2.75) is 51.9 Å². The molecule has 246 valence electrons. The zero-order chi connectivity index (χ0) is 33.4. The maximum atomic E-state index is 13.9. The van der Waals surface area contributed by atoms with Gasteiger partial charge >= 0.3 is 6.18 Å². The van der Waals surface area contributed by atoms with E-state index in [0.29, 0.717) is 54.8 Å². The lowest BCUT2D eigenvalue weighted by atomic mass is 9.93. The highest BCUT2D eigenvalue weighted by molar-refractivity contribution is 6.32. The van der Waals surface area contributed by atoms with E-state index in [1.807, 2.05) is 50.2 Å². The second-order valence-electron chi connectivity index (χ2n) is 11.0. The number of hydrogen-bond acceptors (Lipinski definition) is 5. The molecule has 0 spiro atoms. The molecule has 0 aromatic heterocycles. The summed E-state index contributed by atoms with van der Waals surface area (Å²) >= 11 is 12.5. The van der Waals surface area contributed by atoms with E-state index in [-0.39, 0.29) is 35.6 Å². The first-order chi connectivity index (χ1) is 21.9. The van der Waals surface area contributed by atoms with Crippen molar-refractivity contribution < 1.29 is 37.3 Å². The molecule has 0 atom stereocenters. The van der Waals surface area contributed by atoms with Crippen LogP contribution in [0.2, 0.25) is 10.0 Å². The first-order valence-corrected chi connectivity index (χ1v) is 15.5. The molecule has 3 aromatic carbocycles. The van der Waals surface area contributed by atoms with Crippen molar-refractivity contribution in [2.75, 3.05) is 26.3 Å². The Labute approximate surface area is 275 Å². The van der Waals surface area contributed by atoms with Gasteiger partial charge in [-0.3, -0.25) is 9.59 Å². The van der Waals surface area contributed by atoms with Crippen LogP contribution in [0.15, 0.2) is 60.2 Å². The molecule has 7 nitrogen and oxygen atoms in total. The van der Waals surface area contributed by atoms with Gasteiger partial charge in [0.05, 0.1) is 15.6 Å². The summed E-state index contributed by atoms with van der Waals surface area (Å²) in [6.45, 7) is 5.51. The second kappa shape index (κ2) is 15.7. The first-order valence-electron chi connectivity index (χ1n) is 14.7. The van der Waals surface area contributed by atoms with Gasteiger partial charge in [-0.15, -0.1) is 0 Å². The van der Waals surface area contributed by atoms with E-state index in [9.17, 15) is 18.0 Å². The number of benzene rings is 3. The third-order valence-corrected chi connectivity index (χ3v) is 8.55. The molecule has 0 radical (unpaired) electrons. The zero-order valence-electron chi connectivity index (χ0n) is 25.4. The normalized spacial score (nSPS) is 14.7. The molecule has 1 aliphatic heterocycles. The van der Waals surface area contributed by atoms with Gasteiger partial charge in [0, 0.05) is 24.7 Å². The SMILES string of the molecule is Cc1cc(Cl)c(OCCOc2ccc(C3=C(C(=O)N(Cc4cccc(C(F)(F)F)c4Cl)C4CC4)CNCC3)cc2)cc1C.O=CO. The van der Waals surface area contributed by atoms with Gasteiger partial charge in [-0.1, -0.05) is 47.5 Å². The molecule has 5 rings (SSSR count). The number of amides is 1. The molecule has 0 bridgehead atoms. The highest BCUT2D eigenvalue weighted by atomic mass is 35.5. The number of hydrogen-bond donors (Lipinski definition) is 2. The highest BCUT2D eigenvalue weighted by Crippen LogP contribution is 2.39. The van der Waals surface area contributed by atoms with Crippen LogP contribution >= 0.6 is 23.2 Å². The zero-order valence-corrected chi connectivity index (χ0v) is 26.9. The van der Waals surface area contributed by atoms with Crippen LogP contribution in [0.5, 0.6) is 11.5 Å². The van der Waals surface area contributed by atoms with Gasteiger partial charge in [-0.2, -0.15) is 13.2 Å². The predicted octanol–water partition coefficient (Wildman–Crippen LogP) is 7.73. The standard InChI is InChI=1S/C33H33Cl2F3N2O3.CH2O2/c1-20-16-29(34)30(17-21(20)2)43-15-14-42-25-10-6-22(7-11-25)26-12-13-39-18-27(26)32(41)40(24-8-9-24)19-23-4-3-5-28(31(23)35)33(36,37)38;2-1-3/h3-7,10-11,16-17,24,39H,8-9,12-15,18-19H2,1-2H3;1H,(H,2,3). The van der Waals surface area contributed by atoms with Crippen LogP contribution in [-0.2, 0) is 22.3 Å². The Kier molecular flexibility index (Phi) is 12.0. The maximum absolute atomic E-state index is 13.9. The van der Waals surface area contributed by atoms with E-state index in [2.05, 4.69) is 5.32 Å². The van der Waals surface area contributed by atoms with Gasteiger partial charge in [0.1, 0.15) is 24.7 Å². The number of carbonyl (C=O) groups excluding carboxylic acids is 1. The van der Waals surface area contributed by atoms with Crippen molar-refractivity contribution in [3.8, 4) is 11.5 Å². The summed E-state index contributed by atoms with van der Waals surface area (Å²) in [5.74, 6) is 1.11. The Balaban J connectivity index is 0.00000154. The molecule has 2 aliphatic rings. The summed E-state index contributed by atoms with van der Waals surface area (Å²) in [6.07, 6.45) is -2.30. The molecule has 12 heteroatoms. The van der Waals surface area contributed by atoms with Crippen molar-refractivity contribution in [3.63, 3.8) is 0 Å². The summed E-state index contributed by atoms with van der Waals surface area (Å²) < 4.78 is 52.0. The number of carbonyl (C=O) groups is 2. The minimum absolute atomic E-state index is 0.0191. The first kappa shape index (κ1) is 35.1. The van der Waals surface area contributed by atoms with Gasteiger partial charge in [0.25, 0.3) is 12.4 Å². The molecule has 0 saturated heterocycles. The van der Waals surface area contributed by atoms with Crippen molar-refractivity contribution in [1.29, 1.82) is 0 Å². The van der Waals surface area contributed by atoms with E-state index in [1.165, 1.54) is 6.07 Å². The lowest BCUT2D eigenvalue weighted by molar-refractivity contribution is -0.137. The Morgan fingerprint density at radius 1 is 1.04 bits per heavy atom. The van der Waals surface area contributed by atoms with Gasteiger partial charge in [-0.05, 0) is 97.8 Å². The van der Waals surface area contributed by atoms with E-state index in [0.717, 1.165) is 41.2 Å². The van der Waals surface area contributed by atoms with Crippen molar-refractivity contribution in [1.82, 2.24) is 10.2 Å². The monoisotopic (exact) mass is 678 g/mol. The van der Waals surface area contributed by atoms with Crippen molar-refractivity contribution in [2.24, 2.45) is 0 Å². The fourth-order valence-electron chi connectivity index (χ4n) is 5.17. The fraction of sp³-hybridized carbons (Fsp3) is 0.353. The van der Waals surface area contributed by atoms with Crippen LogP contribution in [-0.4, -0.2) is 54.7 Å². The van der Waals surface area contributed by atoms with E-state index >= 15 is 0 Å². The number of rotatable bonds is 10. The number of alkyl halides is 3. The van der Waals surface area contributed by atoms with Gasteiger partial charge in [0.15, 0.2) is 0 Å². The molecule has 46 heavy (non-hydrogen) atoms. The maximum Gasteiger partial charge on any atom is 0.417 e. The summed E-state index contributed by atoms with van der Waals surface area (Å²) in [5, 5.41) is 10.4. The minimum Gasteiger partial charge on any atom is -0.490 e. The lowest BCUT2D eigenvalue weighted by Crippen LogP contribution is -2.39. The van der Waals surface area contributed by atoms with Crippen molar-refractivity contribution in [3.05, 3.63) is 98.0 Å². The van der Waals surface area contributed by atoms with Crippen molar-refractivity contribution >= 4 is 41.2 Å². The third kappa shape index (κ3) is 8.96. The molecule has 0 unspecified atom stereocenters. The van der Waals surface area contributed by atoms with Gasteiger partial charge in [0.2, 0.25) is 0 Å². The van der Waals surface area contributed by atoms with Crippen LogP contribution in [0.4, 0.5) is 13.2 Å². The quantitative estimate of drug-likeness (QED) is 0.169.